The molecule has 0 amide bonds. The molecular weight excluding hydrogens is 266 g/mol. The maximum absolute atomic E-state index is 9.05. The van der Waals surface area contributed by atoms with E-state index in [0.717, 1.165) is 24.5 Å². The van der Waals surface area contributed by atoms with E-state index in [1.807, 2.05) is 17.7 Å². The van der Waals surface area contributed by atoms with E-state index < -0.39 is 0 Å². The quantitative estimate of drug-likeness (QED) is 0.916. The first-order valence-electron chi connectivity index (χ1n) is 6.75. The molecular formula is C16H21N3S. The van der Waals surface area contributed by atoms with E-state index >= 15 is 0 Å². The zero-order valence-corrected chi connectivity index (χ0v) is 13.3. The zero-order valence-electron chi connectivity index (χ0n) is 12.5. The fourth-order valence-corrected chi connectivity index (χ4v) is 3.16. The highest BCUT2D eigenvalue weighted by molar-refractivity contribution is 7.10. The van der Waals surface area contributed by atoms with Gasteiger partial charge in [-0.15, -0.1) is 11.3 Å². The maximum atomic E-state index is 9.05. The van der Waals surface area contributed by atoms with Crippen LogP contribution >= 0.6 is 11.3 Å². The van der Waals surface area contributed by atoms with Crippen LogP contribution in [0.1, 0.15) is 35.7 Å². The number of hydrogen-bond donors (Lipinski definition) is 1. The van der Waals surface area contributed by atoms with E-state index in [1.165, 1.54) is 10.4 Å². The molecule has 0 atom stereocenters. The molecule has 0 unspecified atom stereocenters. The van der Waals surface area contributed by atoms with Crippen LogP contribution in [-0.2, 0) is 19.0 Å². The Morgan fingerprint density at radius 1 is 1.45 bits per heavy atom. The predicted octanol–water partition coefficient (Wildman–Crippen LogP) is 3.33. The summed E-state index contributed by atoms with van der Waals surface area (Å²) in [6.45, 7) is 8.29. The Labute approximate surface area is 124 Å². The topological polar surface area (TPSA) is 40.8 Å². The van der Waals surface area contributed by atoms with Gasteiger partial charge in [0.05, 0.1) is 0 Å². The summed E-state index contributed by atoms with van der Waals surface area (Å²) in [5, 5.41) is 14.7. The molecule has 0 saturated heterocycles. The summed E-state index contributed by atoms with van der Waals surface area (Å²) in [6, 6.07) is 8.48. The molecule has 0 saturated carbocycles. The highest BCUT2D eigenvalue weighted by Gasteiger charge is 2.21. The smallest absolute Gasteiger partial charge is 0.120 e. The van der Waals surface area contributed by atoms with Crippen molar-refractivity contribution in [1.29, 1.82) is 5.26 Å². The van der Waals surface area contributed by atoms with Gasteiger partial charge in [-0.25, -0.2) is 0 Å². The molecule has 2 rings (SSSR count). The number of nitrogens with zero attached hydrogens (tertiary/aromatic N) is 2. The van der Waals surface area contributed by atoms with Crippen LogP contribution in [0.5, 0.6) is 0 Å². The van der Waals surface area contributed by atoms with Gasteiger partial charge in [0.25, 0.3) is 0 Å². The molecule has 0 aromatic carbocycles. The lowest BCUT2D eigenvalue weighted by Gasteiger charge is -2.23. The van der Waals surface area contributed by atoms with Crippen molar-refractivity contribution < 1.29 is 0 Å². The monoisotopic (exact) mass is 287 g/mol. The van der Waals surface area contributed by atoms with Crippen molar-refractivity contribution in [3.63, 3.8) is 0 Å². The van der Waals surface area contributed by atoms with Crippen molar-refractivity contribution in [2.75, 3.05) is 6.54 Å². The van der Waals surface area contributed by atoms with Crippen molar-refractivity contribution in [2.45, 2.75) is 32.7 Å². The molecule has 0 fully saturated rings. The fourth-order valence-electron chi connectivity index (χ4n) is 2.31. The molecule has 1 N–H and O–H groups in total. The SMILES string of the molecule is Cc1c(CNCC(C)(C)c2cccs2)cc(C#N)n1C. The molecule has 2 heterocycles. The van der Waals surface area contributed by atoms with Crippen LogP contribution in [0.3, 0.4) is 0 Å². The Hall–Kier alpha value is -1.57. The Bertz CT molecular complexity index is 615. The first-order valence-corrected chi connectivity index (χ1v) is 7.63. The van der Waals surface area contributed by atoms with Gasteiger partial charge in [-0.1, -0.05) is 19.9 Å². The number of thiophene rings is 1. The lowest BCUT2D eigenvalue weighted by Crippen LogP contribution is -2.32. The molecule has 0 aliphatic rings. The molecule has 0 bridgehead atoms. The summed E-state index contributed by atoms with van der Waals surface area (Å²) in [6.07, 6.45) is 0. The highest BCUT2D eigenvalue weighted by Crippen LogP contribution is 2.26. The number of hydrogen-bond acceptors (Lipinski definition) is 3. The van der Waals surface area contributed by atoms with Crippen LogP contribution in [-0.4, -0.2) is 11.1 Å². The van der Waals surface area contributed by atoms with E-state index in [4.69, 9.17) is 5.26 Å². The van der Waals surface area contributed by atoms with Crippen molar-refractivity contribution in [2.24, 2.45) is 7.05 Å². The summed E-state index contributed by atoms with van der Waals surface area (Å²) >= 11 is 1.80. The zero-order chi connectivity index (χ0) is 14.8. The first-order chi connectivity index (χ1) is 9.45. The molecule has 0 spiro atoms. The van der Waals surface area contributed by atoms with E-state index in [-0.39, 0.29) is 5.41 Å². The Balaban J connectivity index is 1.99. The number of rotatable bonds is 5. The van der Waals surface area contributed by atoms with Gasteiger partial charge in [-0.05, 0) is 30.0 Å². The van der Waals surface area contributed by atoms with Gasteiger partial charge in [-0.3, -0.25) is 0 Å². The average molecular weight is 287 g/mol. The second-order valence-electron chi connectivity index (χ2n) is 5.78. The second kappa shape index (κ2) is 5.82. The minimum absolute atomic E-state index is 0.134. The molecule has 0 radical (unpaired) electrons. The van der Waals surface area contributed by atoms with Crippen molar-refractivity contribution in [1.82, 2.24) is 9.88 Å². The lowest BCUT2D eigenvalue weighted by atomic mass is 9.91. The van der Waals surface area contributed by atoms with Crippen molar-refractivity contribution in [3.8, 4) is 6.07 Å². The molecule has 106 valence electrons. The van der Waals surface area contributed by atoms with Crippen LogP contribution < -0.4 is 5.32 Å². The van der Waals surface area contributed by atoms with E-state index in [0.29, 0.717) is 0 Å². The third-order valence-electron chi connectivity index (χ3n) is 3.83. The summed E-state index contributed by atoms with van der Waals surface area (Å²) < 4.78 is 1.95. The second-order valence-corrected chi connectivity index (χ2v) is 6.72. The van der Waals surface area contributed by atoms with Crippen LogP contribution in [0.15, 0.2) is 23.6 Å². The van der Waals surface area contributed by atoms with Gasteiger partial charge in [0.2, 0.25) is 0 Å². The van der Waals surface area contributed by atoms with E-state index in [9.17, 15) is 0 Å². The van der Waals surface area contributed by atoms with Crippen LogP contribution in [0.4, 0.5) is 0 Å². The molecule has 0 aliphatic heterocycles. The molecule has 0 aliphatic carbocycles. The largest absolute Gasteiger partial charge is 0.340 e. The lowest BCUT2D eigenvalue weighted by molar-refractivity contribution is 0.476. The van der Waals surface area contributed by atoms with Gasteiger partial charge in [-0.2, -0.15) is 5.26 Å². The molecule has 4 heteroatoms. The van der Waals surface area contributed by atoms with E-state index in [2.05, 4.69) is 49.7 Å². The number of nitrogens with one attached hydrogen (secondary N) is 1. The minimum atomic E-state index is 0.134. The van der Waals surface area contributed by atoms with Crippen LogP contribution in [0.2, 0.25) is 0 Å². The minimum Gasteiger partial charge on any atom is -0.340 e. The summed E-state index contributed by atoms with van der Waals surface area (Å²) in [7, 11) is 1.94. The number of aromatic nitrogens is 1. The van der Waals surface area contributed by atoms with E-state index in [1.54, 1.807) is 11.3 Å². The van der Waals surface area contributed by atoms with Gasteiger partial charge in [0, 0.05) is 36.1 Å². The van der Waals surface area contributed by atoms with Crippen molar-refractivity contribution in [3.05, 3.63) is 45.4 Å². The Kier molecular flexibility index (Phi) is 4.32. The fraction of sp³-hybridized carbons (Fsp3) is 0.438. The number of nitriles is 1. The average Bonchev–Trinajstić information content (AvgIpc) is 3.03. The maximum Gasteiger partial charge on any atom is 0.120 e. The summed E-state index contributed by atoms with van der Waals surface area (Å²) in [4.78, 5) is 1.40. The molecule has 2 aromatic rings. The summed E-state index contributed by atoms with van der Waals surface area (Å²) in [5.41, 5.74) is 3.21. The van der Waals surface area contributed by atoms with Crippen molar-refractivity contribution >= 4 is 11.3 Å². The van der Waals surface area contributed by atoms with Gasteiger partial charge < -0.3 is 9.88 Å². The first kappa shape index (κ1) is 14.8. The Morgan fingerprint density at radius 2 is 2.20 bits per heavy atom. The molecule has 20 heavy (non-hydrogen) atoms. The third kappa shape index (κ3) is 2.95. The van der Waals surface area contributed by atoms with Gasteiger partial charge in [0.1, 0.15) is 11.8 Å². The summed E-state index contributed by atoms with van der Waals surface area (Å²) in [5.74, 6) is 0. The van der Waals surface area contributed by atoms with Crippen LogP contribution in [0, 0.1) is 18.3 Å². The third-order valence-corrected chi connectivity index (χ3v) is 5.06. The Morgan fingerprint density at radius 3 is 2.75 bits per heavy atom. The highest BCUT2D eigenvalue weighted by atomic mass is 32.1. The standard InChI is InChI=1S/C16H21N3S/c1-12-13(8-14(9-17)19(12)4)10-18-11-16(2,3)15-6-5-7-20-15/h5-8,18H,10-11H2,1-4H3. The van der Waals surface area contributed by atoms with Crippen LogP contribution in [0.25, 0.3) is 0 Å². The molecule has 3 nitrogen and oxygen atoms in total. The normalized spacial score (nSPS) is 11.6. The molecule has 2 aromatic heterocycles. The van der Waals surface area contributed by atoms with Gasteiger partial charge >= 0.3 is 0 Å². The predicted molar refractivity (Wildman–Crippen MR) is 83.9 cm³/mol. The van der Waals surface area contributed by atoms with Gasteiger partial charge in [0.15, 0.2) is 0 Å².